The molecule has 0 aromatic heterocycles. The van der Waals surface area contributed by atoms with Crippen molar-refractivity contribution in [3.8, 4) is 0 Å². The first kappa shape index (κ1) is 13.6. The summed E-state index contributed by atoms with van der Waals surface area (Å²) in [6, 6.07) is 2.31. The van der Waals surface area contributed by atoms with Gasteiger partial charge >= 0.3 is 15.4 Å². The van der Waals surface area contributed by atoms with Crippen molar-refractivity contribution in [1.29, 1.82) is 0 Å². The molecule has 4 saturated heterocycles. The van der Waals surface area contributed by atoms with Crippen LogP contribution in [0, 0.1) is 5.41 Å². The van der Waals surface area contributed by atoms with E-state index in [9.17, 15) is 0 Å². The maximum Gasteiger partial charge on any atom is 0.406 e. The maximum absolute atomic E-state index is 6.20. The highest BCUT2D eigenvalue weighted by Crippen LogP contribution is 2.46. The summed E-state index contributed by atoms with van der Waals surface area (Å²) < 4.78 is 24.8. The van der Waals surface area contributed by atoms with Crippen molar-refractivity contribution in [3.05, 3.63) is 0 Å². The molecular weight excluding hydrogens is 316 g/mol. The van der Waals surface area contributed by atoms with E-state index in [4.69, 9.17) is 17.7 Å². The summed E-state index contributed by atoms with van der Waals surface area (Å²) in [6.45, 7) is 3.12. The Balaban J connectivity index is 1.38. The van der Waals surface area contributed by atoms with Crippen LogP contribution in [0.25, 0.3) is 0 Å². The number of rotatable bonds is 0. The van der Waals surface area contributed by atoms with Gasteiger partial charge in [0, 0.05) is 38.5 Å². The zero-order valence-corrected chi connectivity index (χ0v) is 14.7. The largest absolute Gasteiger partial charge is 0.406 e. The second-order valence-electron chi connectivity index (χ2n) is 5.92. The van der Waals surface area contributed by atoms with E-state index >= 15 is 0 Å². The predicted octanol–water partition coefficient (Wildman–Crippen LogP) is 2.22. The van der Waals surface area contributed by atoms with Crippen LogP contribution in [0.4, 0.5) is 0 Å². The lowest BCUT2D eigenvalue weighted by molar-refractivity contribution is -0.0876. The van der Waals surface area contributed by atoms with Crippen molar-refractivity contribution in [3.63, 3.8) is 0 Å². The van der Waals surface area contributed by atoms with E-state index in [1.54, 1.807) is 0 Å². The number of hydrogen-bond acceptors (Lipinski definition) is 6. The van der Waals surface area contributed by atoms with E-state index in [0.29, 0.717) is 0 Å². The van der Waals surface area contributed by atoms with Gasteiger partial charge in [-0.3, -0.25) is 0 Å². The average molecular weight is 337 g/mol. The lowest BCUT2D eigenvalue weighted by Gasteiger charge is -2.47. The Morgan fingerprint density at radius 3 is 1.42 bits per heavy atom. The van der Waals surface area contributed by atoms with Crippen LogP contribution in [0.1, 0.15) is 12.8 Å². The Morgan fingerprint density at radius 2 is 1.11 bits per heavy atom. The molecule has 0 amide bonds. The van der Waals surface area contributed by atoms with Crippen molar-refractivity contribution in [2.75, 3.05) is 37.9 Å². The van der Waals surface area contributed by atoms with Gasteiger partial charge in [-0.05, 0) is 24.3 Å². The van der Waals surface area contributed by atoms with Crippen LogP contribution < -0.4 is 0 Å². The van der Waals surface area contributed by atoms with Crippen LogP contribution in [0.3, 0.4) is 0 Å². The first-order valence-electron chi connectivity index (χ1n) is 7.08. The van der Waals surface area contributed by atoms with Crippen molar-refractivity contribution in [2.24, 2.45) is 5.41 Å². The van der Waals surface area contributed by atoms with E-state index in [2.05, 4.69) is 0 Å². The Hall–Kier alpha value is 0.974. The first-order chi connectivity index (χ1) is 9.24. The highest BCUT2D eigenvalue weighted by Gasteiger charge is 2.55. The maximum atomic E-state index is 6.20. The summed E-state index contributed by atoms with van der Waals surface area (Å²) in [5.74, 6) is 2.41. The third kappa shape index (κ3) is 2.48. The van der Waals surface area contributed by atoms with Gasteiger partial charge in [0.2, 0.25) is 0 Å². The highest BCUT2D eigenvalue weighted by molar-refractivity contribution is 8.28. The van der Waals surface area contributed by atoms with Crippen LogP contribution in [0.2, 0.25) is 12.1 Å². The first-order valence-corrected chi connectivity index (χ1v) is 14.5. The van der Waals surface area contributed by atoms with Crippen molar-refractivity contribution >= 4 is 37.8 Å². The van der Waals surface area contributed by atoms with Gasteiger partial charge < -0.3 is 17.7 Å². The normalized spacial score (nSPS) is 50.5. The van der Waals surface area contributed by atoms with Gasteiger partial charge in [-0.2, -0.15) is 0 Å². The molecule has 0 saturated carbocycles. The van der Waals surface area contributed by atoms with E-state index in [1.165, 1.54) is 24.3 Å². The fourth-order valence-electron chi connectivity index (χ4n) is 3.02. The topological polar surface area (TPSA) is 36.9 Å². The Bertz CT molecular complexity index is 301. The Kier molecular flexibility index (Phi) is 3.59. The fraction of sp³-hybridized carbons (Fsp3) is 1.00. The van der Waals surface area contributed by atoms with Crippen LogP contribution in [0.5, 0.6) is 0 Å². The highest BCUT2D eigenvalue weighted by atomic mass is 32.4. The van der Waals surface area contributed by atoms with Crippen molar-refractivity contribution in [1.82, 2.24) is 0 Å². The van der Waals surface area contributed by atoms with E-state index < -0.39 is 15.4 Å². The summed E-state index contributed by atoms with van der Waals surface area (Å²) in [5.41, 5.74) is -0.0250. The second-order valence-corrected chi connectivity index (χ2v) is 17.7. The van der Waals surface area contributed by atoms with Crippen molar-refractivity contribution < 1.29 is 17.7 Å². The molecule has 0 N–H and O–H groups in total. The van der Waals surface area contributed by atoms with Gasteiger partial charge in [0.05, 0.1) is 5.41 Å². The predicted molar refractivity (Wildman–Crippen MR) is 81.5 cm³/mol. The van der Waals surface area contributed by atoms with Gasteiger partial charge in [0.25, 0.3) is 0 Å². The Labute approximate surface area is 124 Å². The minimum atomic E-state index is -1.86. The standard InChI is InChI=1S/C11H20O4S2Si2/c1-3-16-18(5-1)12-7-11(8-13-18)9-14-19(15-10-11)6-2-4-17-19/h1-10H2. The molecule has 4 aliphatic heterocycles. The van der Waals surface area contributed by atoms with E-state index in [1.807, 2.05) is 22.4 Å². The summed E-state index contributed by atoms with van der Waals surface area (Å²) in [5, 5.41) is 0. The molecule has 0 aromatic carbocycles. The quantitative estimate of drug-likeness (QED) is 0.631. The van der Waals surface area contributed by atoms with Crippen molar-refractivity contribution in [2.45, 2.75) is 24.9 Å². The lowest BCUT2D eigenvalue weighted by Crippen LogP contribution is -2.59. The summed E-state index contributed by atoms with van der Waals surface area (Å²) in [4.78, 5) is 0. The molecule has 19 heavy (non-hydrogen) atoms. The molecule has 0 unspecified atom stereocenters. The third-order valence-corrected chi connectivity index (χ3v) is 16.9. The van der Waals surface area contributed by atoms with Crippen LogP contribution in [-0.2, 0) is 17.7 Å². The van der Waals surface area contributed by atoms with Crippen LogP contribution in [0.15, 0.2) is 0 Å². The second kappa shape index (κ2) is 5.01. The van der Waals surface area contributed by atoms with Gasteiger partial charge in [0.15, 0.2) is 0 Å². The lowest BCUT2D eigenvalue weighted by atomic mass is 9.93. The molecule has 0 radical (unpaired) electrons. The summed E-state index contributed by atoms with van der Waals surface area (Å²) in [7, 11) is -3.72. The molecule has 4 heterocycles. The van der Waals surface area contributed by atoms with Gasteiger partial charge in [0.1, 0.15) is 0 Å². The molecule has 0 bridgehead atoms. The zero-order chi connectivity index (χ0) is 12.8. The third-order valence-electron chi connectivity index (χ3n) is 4.29. The molecule has 8 heteroatoms. The molecule has 4 rings (SSSR count). The minimum Gasteiger partial charge on any atom is -0.386 e. The molecule has 0 atom stereocenters. The molecule has 4 aliphatic rings. The molecular formula is C11H20O4S2Si2. The zero-order valence-electron chi connectivity index (χ0n) is 11.0. The van der Waals surface area contributed by atoms with E-state index in [-0.39, 0.29) is 5.41 Å². The fourth-order valence-corrected chi connectivity index (χ4v) is 15.6. The van der Waals surface area contributed by atoms with E-state index in [0.717, 1.165) is 38.5 Å². The van der Waals surface area contributed by atoms with Gasteiger partial charge in [-0.15, -0.1) is 22.4 Å². The summed E-state index contributed by atoms with van der Waals surface area (Å²) in [6.07, 6.45) is 2.51. The van der Waals surface area contributed by atoms with Crippen LogP contribution in [-0.4, -0.2) is 53.4 Å². The molecule has 3 spiro atoms. The van der Waals surface area contributed by atoms with Crippen LogP contribution >= 0.6 is 22.4 Å². The SMILES string of the molecule is C1CS[Si]2(C1)OCC1(CO2)CO[Si]2(CCCS2)OC1. The van der Waals surface area contributed by atoms with Gasteiger partial charge in [-0.25, -0.2) is 0 Å². The smallest absolute Gasteiger partial charge is 0.386 e. The molecule has 4 fully saturated rings. The summed E-state index contributed by atoms with van der Waals surface area (Å²) >= 11 is 3.90. The molecule has 0 aliphatic carbocycles. The minimum absolute atomic E-state index is 0.0250. The molecule has 4 nitrogen and oxygen atoms in total. The molecule has 108 valence electrons. The number of hydrogen-bond donors (Lipinski definition) is 0. The Morgan fingerprint density at radius 1 is 0.684 bits per heavy atom. The monoisotopic (exact) mass is 336 g/mol. The average Bonchev–Trinajstić information content (AvgIpc) is 3.09. The molecule has 0 aromatic rings. The van der Waals surface area contributed by atoms with Gasteiger partial charge in [-0.1, -0.05) is 0 Å².